The van der Waals surface area contributed by atoms with Gasteiger partial charge in [0, 0.05) is 24.6 Å². The number of halogens is 3. The molecule has 4 rings (SSSR count). The van der Waals surface area contributed by atoms with Crippen LogP contribution in [0.5, 0.6) is 0 Å². The summed E-state index contributed by atoms with van der Waals surface area (Å²) in [5.74, 6) is 1.33. The molecule has 0 aliphatic carbocycles. The van der Waals surface area contributed by atoms with Gasteiger partial charge in [-0.25, -0.2) is 4.68 Å². The minimum atomic E-state index is -4.32. The minimum absolute atomic E-state index is 0.396. The Morgan fingerprint density at radius 2 is 2.00 bits per heavy atom. The van der Waals surface area contributed by atoms with E-state index in [9.17, 15) is 13.2 Å². The van der Waals surface area contributed by atoms with Crippen molar-refractivity contribution in [2.24, 2.45) is 0 Å². The van der Waals surface area contributed by atoms with Crippen molar-refractivity contribution in [3.8, 4) is 5.69 Å². The molecular formula is C19H23F3N4. The van der Waals surface area contributed by atoms with Gasteiger partial charge in [-0.05, 0) is 56.6 Å². The summed E-state index contributed by atoms with van der Waals surface area (Å²) >= 11 is 0. The van der Waals surface area contributed by atoms with Gasteiger partial charge in [-0.3, -0.25) is 0 Å². The molecule has 1 aromatic carbocycles. The maximum Gasteiger partial charge on any atom is 0.416 e. The topological polar surface area (TPSA) is 33.1 Å². The molecule has 1 atom stereocenters. The highest BCUT2D eigenvalue weighted by Crippen LogP contribution is 2.37. The highest BCUT2D eigenvalue weighted by atomic mass is 19.4. The molecule has 7 heteroatoms. The first kappa shape index (κ1) is 17.4. The summed E-state index contributed by atoms with van der Waals surface area (Å²) in [6.07, 6.45) is -1.12. The normalized spacial score (nSPS) is 20.8. The number of aromatic nitrogens is 2. The molecule has 2 aromatic rings. The summed E-state index contributed by atoms with van der Waals surface area (Å²) in [4.78, 5) is 2.44. The van der Waals surface area contributed by atoms with Crippen molar-refractivity contribution in [3.63, 3.8) is 0 Å². The number of likely N-dealkylation sites (tertiary alicyclic amines) is 1. The zero-order valence-electron chi connectivity index (χ0n) is 14.8. The van der Waals surface area contributed by atoms with Crippen molar-refractivity contribution in [3.05, 3.63) is 41.1 Å². The van der Waals surface area contributed by atoms with Crippen LogP contribution in [-0.4, -0.2) is 40.9 Å². The largest absolute Gasteiger partial charge is 0.416 e. The average molecular weight is 364 g/mol. The standard InChI is InChI=1S/C19H23F3N4/c1-2-25-11-3-4-13(12-25)17-16-9-10-23-18(16)26(24-17)15-7-5-14(6-8-15)19(20,21)22/h5-8,13,23H,2-4,9-12H2,1H3. The highest BCUT2D eigenvalue weighted by Gasteiger charge is 2.32. The molecule has 26 heavy (non-hydrogen) atoms. The molecule has 4 nitrogen and oxygen atoms in total. The Balaban J connectivity index is 1.68. The van der Waals surface area contributed by atoms with Crippen LogP contribution in [0.1, 0.15) is 42.5 Å². The second-order valence-corrected chi connectivity index (χ2v) is 7.08. The molecular weight excluding hydrogens is 341 g/mol. The fourth-order valence-electron chi connectivity index (χ4n) is 4.07. The SMILES string of the molecule is CCN1CCCC(c2nn(-c3ccc(C(F)(F)F)cc3)c3c2CCN3)C1. The van der Waals surface area contributed by atoms with Crippen LogP contribution in [0.2, 0.25) is 0 Å². The molecule has 3 heterocycles. The molecule has 1 N–H and O–H groups in total. The molecule has 2 aliphatic heterocycles. The van der Waals surface area contributed by atoms with Crippen LogP contribution in [0.3, 0.4) is 0 Å². The highest BCUT2D eigenvalue weighted by molar-refractivity contribution is 5.58. The Kier molecular flexibility index (Phi) is 4.42. The number of benzene rings is 1. The Morgan fingerprint density at radius 3 is 2.69 bits per heavy atom. The molecule has 1 aromatic heterocycles. The summed E-state index contributed by atoms with van der Waals surface area (Å²) in [5.41, 5.74) is 2.37. The molecule has 1 unspecified atom stereocenters. The number of rotatable bonds is 3. The van der Waals surface area contributed by atoms with Gasteiger partial charge in [0.05, 0.1) is 16.9 Å². The first-order chi connectivity index (χ1) is 12.5. The third kappa shape index (κ3) is 3.09. The van der Waals surface area contributed by atoms with E-state index in [4.69, 9.17) is 5.10 Å². The smallest absolute Gasteiger partial charge is 0.369 e. The van der Waals surface area contributed by atoms with Gasteiger partial charge in [0.1, 0.15) is 5.82 Å². The fraction of sp³-hybridized carbons (Fsp3) is 0.526. The van der Waals surface area contributed by atoms with Gasteiger partial charge < -0.3 is 10.2 Å². The first-order valence-electron chi connectivity index (χ1n) is 9.23. The number of hydrogen-bond acceptors (Lipinski definition) is 3. The van der Waals surface area contributed by atoms with Gasteiger partial charge >= 0.3 is 6.18 Å². The number of alkyl halides is 3. The Bertz CT molecular complexity index is 779. The average Bonchev–Trinajstić information content (AvgIpc) is 3.23. The molecule has 140 valence electrons. The third-order valence-corrected chi connectivity index (χ3v) is 5.46. The van der Waals surface area contributed by atoms with Gasteiger partial charge in [-0.15, -0.1) is 0 Å². The van der Waals surface area contributed by atoms with Crippen molar-refractivity contribution in [1.82, 2.24) is 14.7 Å². The Labute approximate surface area is 151 Å². The van der Waals surface area contributed by atoms with Gasteiger partial charge in [0.15, 0.2) is 0 Å². The zero-order valence-corrected chi connectivity index (χ0v) is 14.8. The number of fused-ring (bicyclic) bond motifs is 1. The van der Waals surface area contributed by atoms with E-state index < -0.39 is 11.7 Å². The van der Waals surface area contributed by atoms with E-state index in [1.807, 2.05) is 0 Å². The number of likely N-dealkylation sites (N-methyl/N-ethyl adjacent to an activating group) is 1. The van der Waals surface area contributed by atoms with Gasteiger partial charge in [0.25, 0.3) is 0 Å². The van der Waals surface area contributed by atoms with Crippen LogP contribution in [-0.2, 0) is 12.6 Å². The third-order valence-electron chi connectivity index (χ3n) is 5.46. The lowest BCUT2D eigenvalue weighted by Crippen LogP contribution is -2.34. The predicted molar refractivity (Wildman–Crippen MR) is 94.8 cm³/mol. The number of piperidine rings is 1. The molecule has 0 saturated carbocycles. The number of nitrogens with one attached hydrogen (secondary N) is 1. The summed E-state index contributed by atoms with van der Waals surface area (Å²) in [5, 5.41) is 8.19. The lowest BCUT2D eigenvalue weighted by Gasteiger charge is -2.31. The zero-order chi connectivity index (χ0) is 18.3. The lowest BCUT2D eigenvalue weighted by molar-refractivity contribution is -0.137. The number of anilines is 1. The quantitative estimate of drug-likeness (QED) is 0.892. The fourth-order valence-corrected chi connectivity index (χ4v) is 4.07. The molecule has 0 radical (unpaired) electrons. The molecule has 2 aliphatic rings. The van der Waals surface area contributed by atoms with Crippen LogP contribution in [0, 0.1) is 0 Å². The van der Waals surface area contributed by atoms with Crippen LogP contribution in [0.4, 0.5) is 19.0 Å². The monoisotopic (exact) mass is 364 g/mol. The molecule has 0 amide bonds. The Morgan fingerprint density at radius 1 is 1.23 bits per heavy atom. The van der Waals surface area contributed by atoms with Crippen molar-refractivity contribution < 1.29 is 13.2 Å². The Hall–Kier alpha value is -2.02. The second kappa shape index (κ2) is 6.61. The number of hydrogen-bond donors (Lipinski definition) is 1. The molecule has 1 saturated heterocycles. The van der Waals surface area contributed by atoms with Crippen LogP contribution in [0.15, 0.2) is 24.3 Å². The van der Waals surface area contributed by atoms with Gasteiger partial charge in [-0.1, -0.05) is 6.92 Å². The van der Waals surface area contributed by atoms with Crippen molar-refractivity contribution in [2.75, 3.05) is 31.5 Å². The molecule has 0 spiro atoms. The van der Waals surface area contributed by atoms with Crippen LogP contribution < -0.4 is 5.32 Å². The number of nitrogens with zero attached hydrogens (tertiary/aromatic N) is 3. The van der Waals surface area contributed by atoms with Crippen LogP contribution in [0.25, 0.3) is 5.69 Å². The lowest BCUT2D eigenvalue weighted by atomic mass is 9.92. The summed E-state index contributed by atoms with van der Waals surface area (Å²) < 4.78 is 40.2. The van der Waals surface area contributed by atoms with E-state index in [-0.39, 0.29) is 0 Å². The van der Waals surface area contributed by atoms with Crippen molar-refractivity contribution in [1.29, 1.82) is 0 Å². The van der Waals surface area contributed by atoms with Crippen LogP contribution >= 0.6 is 0 Å². The van der Waals surface area contributed by atoms with Gasteiger partial charge in [0.2, 0.25) is 0 Å². The van der Waals surface area contributed by atoms with E-state index in [1.54, 1.807) is 4.68 Å². The van der Waals surface area contributed by atoms with E-state index in [1.165, 1.54) is 17.7 Å². The van der Waals surface area contributed by atoms with Crippen molar-refractivity contribution >= 4 is 5.82 Å². The van der Waals surface area contributed by atoms with Crippen molar-refractivity contribution in [2.45, 2.75) is 38.3 Å². The second-order valence-electron chi connectivity index (χ2n) is 7.08. The molecule has 1 fully saturated rings. The summed E-state index contributed by atoms with van der Waals surface area (Å²) in [7, 11) is 0. The summed E-state index contributed by atoms with van der Waals surface area (Å²) in [6, 6.07) is 5.24. The maximum atomic E-state index is 12.8. The summed E-state index contributed by atoms with van der Waals surface area (Å²) in [6.45, 7) is 6.21. The minimum Gasteiger partial charge on any atom is -0.369 e. The predicted octanol–water partition coefficient (Wildman–Crippen LogP) is 4.06. The first-order valence-corrected chi connectivity index (χ1v) is 9.23. The van der Waals surface area contributed by atoms with E-state index in [2.05, 4.69) is 17.1 Å². The van der Waals surface area contributed by atoms with E-state index >= 15 is 0 Å². The molecule has 0 bridgehead atoms. The maximum absolute atomic E-state index is 12.8. The van der Waals surface area contributed by atoms with Gasteiger partial charge in [-0.2, -0.15) is 18.3 Å². The van der Waals surface area contributed by atoms with E-state index in [0.717, 1.165) is 69.1 Å². The van der Waals surface area contributed by atoms with E-state index in [0.29, 0.717) is 11.6 Å².